The molecule has 0 saturated heterocycles. The van der Waals surface area contributed by atoms with Gasteiger partial charge in [0.25, 0.3) is 0 Å². The summed E-state index contributed by atoms with van der Waals surface area (Å²) >= 11 is 4.34. The highest BCUT2D eigenvalue weighted by atomic mass is 32.1. The van der Waals surface area contributed by atoms with E-state index in [0.29, 0.717) is 23.1 Å². The third-order valence-corrected chi connectivity index (χ3v) is 3.99. The fourth-order valence-electron chi connectivity index (χ4n) is 2.36. The third-order valence-electron chi connectivity index (χ3n) is 3.62. The summed E-state index contributed by atoms with van der Waals surface area (Å²) < 4.78 is 10.5. The van der Waals surface area contributed by atoms with Gasteiger partial charge in [0.15, 0.2) is 0 Å². The fraction of sp³-hybridized carbons (Fsp3) is 0.111. The first-order valence-corrected chi connectivity index (χ1v) is 7.96. The lowest BCUT2D eigenvalue weighted by atomic mass is 10.1. The van der Waals surface area contributed by atoms with Crippen molar-refractivity contribution in [2.45, 2.75) is 4.90 Å². The minimum absolute atomic E-state index is 0.473. The molecule has 128 valence electrons. The van der Waals surface area contributed by atoms with Crippen molar-refractivity contribution < 1.29 is 9.47 Å². The predicted molar refractivity (Wildman–Crippen MR) is 102 cm³/mol. The van der Waals surface area contributed by atoms with Gasteiger partial charge in [0.1, 0.15) is 11.5 Å². The summed E-state index contributed by atoms with van der Waals surface area (Å²) in [6, 6.07) is 12.9. The van der Waals surface area contributed by atoms with Gasteiger partial charge in [-0.05, 0) is 36.4 Å². The largest absolute Gasteiger partial charge is 0.496 e. The van der Waals surface area contributed by atoms with E-state index in [-0.39, 0.29) is 0 Å². The van der Waals surface area contributed by atoms with Crippen LogP contribution in [-0.4, -0.2) is 24.2 Å². The number of benzene rings is 2. The Kier molecular flexibility index (Phi) is 4.95. The molecule has 0 bridgehead atoms. The Morgan fingerprint density at radius 1 is 1.00 bits per heavy atom. The van der Waals surface area contributed by atoms with E-state index >= 15 is 0 Å². The number of hydrogen-bond acceptors (Lipinski definition) is 7. The number of nitrogens with zero attached hydrogens (tertiary/aromatic N) is 2. The first kappa shape index (κ1) is 16.9. The number of aromatic nitrogens is 2. The minimum Gasteiger partial charge on any atom is -0.496 e. The fourth-order valence-corrected chi connectivity index (χ4v) is 2.59. The summed E-state index contributed by atoms with van der Waals surface area (Å²) in [4.78, 5) is 9.55. The van der Waals surface area contributed by atoms with Gasteiger partial charge in [0, 0.05) is 28.4 Å². The number of ether oxygens (including phenoxy) is 2. The van der Waals surface area contributed by atoms with Crippen LogP contribution in [0.4, 0.5) is 17.3 Å². The van der Waals surface area contributed by atoms with E-state index in [1.54, 1.807) is 20.4 Å². The van der Waals surface area contributed by atoms with Gasteiger partial charge in [-0.1, -0.05) is 0 Å². The maximum absolute atomic E-state index is 5.97. The Morgan fingerprint density at radius 3 is 2.52 bits per heavy atom. The van der Waals surface area contributed by atoms with Crippen LogP contribution in [0.15, 0.2) is 53.6 Å². The monoisotopic (exact) mass is 354 g/mol. The molecule has 0 saturated carbocycles. The van der Waals surface area contributed by atoms with Crippen LogP contribution in [-0.2, 0) is 0 Å². The molecule has 3 N–H and O–H groups in total. The molecule has 7 heteroatoms. The average molecular weight is 354 g/mol. The van der Waals surface area contributed by atoms with Gasteiger partial charge >= 0.3 is 0 Å². The Hall–Kier alpha value is -2.93. The molecule has 0 spiro atoms. The number of nitrogens with one attached hydrogen (secondary N) is 1. The minimum atomic E-state index is 0.473. The van der Waals surface area contributed by atoms with Crippen LogP contribution >= 0.6 is 12.6 Å². The van der Waals surface area contributed by atoms with Gasteiger partial charge in [0.2, 0.25) is 5.95 Å². The van der Waals surface area contributed by atoms with E-state index in [4.69, 9.17) is 15.2 Å². The maximum atomic E-state index is 5.97. The first-order chi connectivity index (χ1) is 12.1. The first-order valence-electron chi connectivity index (χ1n) is 7.51. The number of rotatable bonds is 5. The van der Waals surface area contributed by atoms with Crippen LogP contribution in [0.25, 0.3) is 11.3 Å². The molecule has 0 aliphatic carbocycles. The molecule has 0 aliphatic heterocycles. The predicted octanol–water partition coefficient (Wildman–Crippen LogP) is 3.78. The van der Waals surface area contributed by atoms with Gasteiger partial charge in [-0.3, -0.25) is 0 Å². The van der Waals surface area contributed by atoms with Gasteiger partial charge < -0.3 is 20.5 Å². The number of nitrogens with two attached hydrogens (primary N) is 1. The zero-order chi connectivity index (χ0) is 17.8. The van der Waals surface area contributed by atoms with E-state index in [9.17, 15) is 0 Å². The molecule has 0 unspecified atom stereocenters. The summed E-state index contributed by atoms with van der Waals surface area (Å²) in [6.07, 6.45) is 1.69. The zero-order valence-corrected chi connectivity index (χ0v) is 14.7. The van der Waals surface area contributed by atoms with Gasteiger partial charge in [-0.25, -0.2) is 9.97 Å². The summed E-state index contributed by atoms with van der Waals surface area (Å²) in [5.74, 6) is 1.78. The summed E-state index contributed by atoms with van der Waals surface area (Å²) in [5.41, 5.74) is 8.97. The molecule has 1 aromatic heterocycles. The lowest BCUT2D eigenvalue weighted by Crippen LogP contribution is -1.99. The maximum Gasteiger partial charge on any atom is 0.227 e. The smallest absolute Gasteiger partial charge is 0.227 e. The second-order valence-electron chi connectivity index (χ2n) is 5.23. The molecule has 3 aromatic rings. The Balaban J connectivity index is 1.88. The number of methoxy groups -OCH3 is 2. The van der Waals surface area contributed by atoms with Crippen molar-refractivity contribution in [2.75, 3.05) is 25.3 Å². The van der Waals surface area contributed by atoms with Crippen LogP contribution in [0.5, 0.6) is 11.5 Å². The van der Waals surface area contributed by atoms with Crippen molar-refractivity contribution in [2.24, 2.45) is 0 Å². The van der Waals surface area contributed by atoms with Crippen molar-refractivity contribution in [3.63, 3.8) is 0 Å². The lowest BCUT2D eigenvalue weighted by Gasteiger charge is -2.10. The van der Waals surface area contributed by atoms with Gasteiger partial charge in [0.05, 0.1) is 25.6 Å². The second-order valence-corrected chi connectivity index (χ2v) is 5.72. The molecular formula is C18H18N4O2S. The molecule has 0 radical (unpaired) electrons. The van der Waals surface area contributed by atoms with E-state index < -0.39 is 0 Å². The standard InChI is InChI=1S/C18H18N4O2S/c1-23-15-5-3-11(9-13(15)19)14-7-8-20-18(22-14)21-12-4-6-17(25)16(10-12)24-2/h3-10,25H,19H2,1-2H3,(H,20,21,22). The number of anilines is 3. The van der Waals surface area contributed by atoms with E-state index in [1.165, 1.54) is 0 Å². The van der Waals surface area contributed by atoms with E-state index in [0.717, 1.165) is 21.8 Å². The van der Waals surface area contributed by atoms with Crippen molar-refractivity contribution >= 4 is 30.0 Å². The number of nitrogen functional groups attached to an aromatic ring is 1. The topological polar surface area (TPSA) is 82.3 Å². The van der Waals surface area contributed by atoms with Crippen LogP contribution in [0, 0.1) is 0 Å². The van der Waals surface area contributed by atoms with Gasteiger partial charge in [-0.15, -0.1) is 12.6 Å². The Morgan fingerprint density at radius 2 is 1.80 bits per heavy atom. The zero-order valence-electron chi connectivity index (χ0n) is 13.9. The van der Waals surface area contributed by atoms with Crippen LogP contribution < -0.4 is 20.5 Å². The van der Waals surface area contributed by atoms with E-state index in [1.807, 2.05) is 42.5 Å². The summed E-state index contributed by atoms with van der Waals surface area (Å²) in [6.45, 7) is 0. The second kappa shape index (κ2) is 7.31. The van der Waals surface area contributed by atoms with Crippen molar-refractivity contribution in [3.05, 3.63) is 48.7 Å². The Labute approximate surface area is 151 Å². The lowest BCUT2D eigenvalue weighted by molar-refractivity contribution is 0.405. The SMILES string of the molecule is COc1ccc(-c2ccnc(Nc3ccc(S)c(OC)c3)n2)cc1N. The summed E-state index contributed by atoms with van der Waals surface area (Å²) in [7, 11) is 3.19. The van der Waals surface area contributed by atoms with Crippen LogP contribution in [0.2, 0.25) is 0 Å². The third kappa shape index (κ3) is 3.77. The van der Waals surface area contributed by atoms with Crippen LogP contribution in [0.3, 0.4) is 0 Å². The highest BCUT2D eigenvalue weighted by Gasteiger charge is 2.07. The molecule has 3 rings (SSSR count). The van der Waals surface area contributed by atoms with Gasteiger partial charge in [-0.2, -0.15) is 0 Å². The molecule has 1 heterocycles. The van der Waals surface area contributed by atoms with Crippen molar-refractivity contribution in [1.82, 2.24) is 9.97 Å². The average Bonchev–Trinajstić information content (AvgIpc) is 2.63. The molecule has 2 aromatic carbocycles. The van der Waals surface area contributed by atoms with E-state index in [2.05, 4.69) is 27.9 Å². The highest BCUT2D eigenvalue weighted by molar-refractivity contribution is 7.80. The summed E-state index contributed by atoms with van der Waals surface area (Å²) in [5, 5.41) is 3.16. The molecule has 0 atom stereocenters. The Bertz CT molecular complexity index is 902. The number of thiol groups is 1. The quantitative estimate of drug-likeness (QED) is 0.478. The van der Waals surface area contributed by atoms with Crippen LogP contribution in [0.1, 0.15) is 0 Å². The molecule has 25 heavy (non-hydrogen) atoms. The molecule has 0 amide bonds. The van der Waals surface area contributed by atoms with Crippen molar-refractivity contribution in [1.29, 1.82) is 0 Å². The highest BCUT2D eigenvalue weighted by Crippen LogP contribution is 2.29. The van der Waals surface area contributed by atoms with Crippen molar-refractivity contribution in [3.8, 4) is 22.8 Å². The molecule has 6 nitrogen and oxygen atoms in total. The normalized spacial score (nSPS) is 10.4. The molecule has 0 fully saturated rings. The molecule has 0 aliphatic rings. The number of hydrogen-bond donors (Lipinski definition) is 3. The molecular weight excluding hydrogens is 336 g/mol.